The molecule has 1 amide bonds. The molecule has 0 spiro atoms. The van der Waals surface area contributed by atoms with Gasteiger partial charge in [-0.3, -0.25) is 4.79 Å². The number of hydrogen-bond acceptors (Lipinski definition) is 2. The Kier molecular flexibility index (Phi) is 4.28. The molecule has 0 fully saturated rings. The van der Waals surface area contributed by atoms with Crippen molar-refractivity contribution >= 4 is 16.8 Å². The van der Waals surface area contributed by atoms with E-state index in [0.29, 0.717) is 24.3 Å². The molecule has 1 aromatic heterocycles. The maximum atomic E-state index is 13.4. The molecule has 2 N–H and O–H groups in total. The zero-order chi connectivity index (χ0) is 16.2. The third kappa shape index (κ3) is 3.18. The fraction of sp³-hybridized carbons (Fsp3) is 0.167. The van der Waals surface area contributed by atoms with Crippen LogP contribution < -0.4 is 10.1 Å². The molecule has 2 aromatic carbocycles. The summed E-state index contributed by atoms with van der Waals surface area (Å²) >= 11 is 0. The average molecular weight is 312 g/mol. The Bertz CT molecular complexity index is 842. The summed E-state index contributed by atoms with van der Waals surface area (Å²) in [6.07, 6.45) is 2.46. The number of rotatable bonds is 5. The summed E-state index contributed by atoms with van der Waals surface area (Å²) in [5.41, 5.74) is 2.36. The lowest BCUT2D eigenvalue weighted by atomic mass is 10.1. The number of amides is 1. The van der Waals surface area contributed by atoms with Crippen LogP contribution in [0.15, 0.2) is 48.7 Å². The van der Waals surface area contributed by atoms with Gasteiger partial charge < -0.3 is 15.0 Å². The maximum Gasteiger partial charge on any atom is 0.255 e. The van der Waals surface area contributed by atoms with Crippen LogP contribution in [0.2, 0.25) is 0 Å². The zero-order valence-electron chi connectivity index (χ0n) is 12.7. The number of benzene rings is 2. The van der Waals surface area contributed by atoms with Crippen LogP contribution in [0.5, 0.6) is 5.75 Å². The first kappa shape index (κ1) is 15.1. The van der Waals surface area contributed by atoms with Crippen molar-refractivity contribution in [2.24, 2.45) is 0 Å². The van der Waals surface area contributed by atoms with E-state index < -0.39 is 0 Å². The molecular weight excluding hydrogens is 295 g/mol. The number of carbonyl (C=O) groups is 1. The minimum Gasteiger partial charge on any atom is -0.496 e. The number of aromatic nitrogens is 1. The molecule has 4 nitrogen and oxygen atoms in total. The first-order chi connectivity index (χ1) is 11.2. The normalized spacial score (nSPS) is 10.7. The Morgan fingerprint density at radius 3 is 2.91 bits per heavy atom. The van der Waals surface area contributed by atoms with E-state index in [1.807, 2.05) is 12.3 Å². The number of nitrogens with one attached hydrogen (secondary N) is 2. The molecule has 1 heterocycles. The summed E-state index contributed by atoms with van der Waals surface area (Å²) in [5, 5.41) is 3.71. The topological polar surface area (TPSA) is 54.1 Å². The zero-order valence-corrected chi connectivity index (χ0v) is 12.7. The summed E-state index contributed by atoms with van der Waals surface area (Å²) in [6.45, 7) is 0.459. The smallest absolute Gasteiger partial charge is 0.255 e. The quantitative estimate of drug-likeness (QED) is 0.759. The van der Waals surface area contributed by atoms with Gasteiger partial charge in [0.15, 0.2) is 0 Å². The minimum absolute atomic E-state index is 0.187. The predicted octanol–water partition coefficient (Wildman–Crippen LogP) is 3.29. The fourth-order valence-corrected chi connectivity index (χ4v) is 2.60. The maximum absolute atomic E-state index is 13.4. The average Bonchev–Trinajstić information content (AvgIpc) is 2.97. The molecule has 0 saturated carbocycles. The summed E-state index contributed by atoms with van der Waals surface area (Å²) in [5.74, 6) is 0.0871. The van der Waals surface area contributed by atoms with Gasteiger partial charge >= 0.3 is 0 Å². The standard InChI is InChI=1S/C18H17FN2O2/c1-23-17-5-3-2-4-14(17)18(22)20-9-8-12-11-21-16-7-6-13(19)10-15(12)16/h2-7,10-11,21H,8-9H2,1H3,(H,20,22). The predicted molar refractivity (Wildman–Crippen MR) is 87.3 cm³/mol. The van der Waals surface area contributed by atoms with Gasteiger partial charge in [0, 0.05) is 23.6 Å². The number of carbonyl (C=O) groups excluding carboxylic acids is 1. The Hall–Kier alpha value is -2.82. The summed E-state index contributed by atoms with van der Waals surface area (Å²) < 4.78 is 18.5. The number of H-pyrrole nitrogens is 1. The Morgan fingerprint density at radius 1 is 1.26 bits per heavy atom. The first-order valence-corrected chi connectivity index (χ1v) is 7.36. The molecule has 5 heteroatoms. The van der Waals surface area contributed by atoms with Crippen LogP contribution in [-0.4, -0.2) is 24.5 Å². The van der Waals surface area contributed by atoms with Crippen molar-refractivity contribution in [2.45, 2.75) is 6.42 Å². The second-order valence-corrected chi connectivity index (χ2v) is 5.21. The number of fused-ring (bicyclic) bond motifs is 1. The molecule has 0 unspecified atom stereocenters. The number of para-hydroxylation sites is 1. The van der Waals surface area contributed by atoms with Crippen molar-refractivity contribution < 1.29 is 13.9 Å². The molecule has 0 atom stereocenters. The summed E-state index contributed by atoms with van der Waals surface area (Å²) in [4.78, 5) is 15.3. The van der Waals surface area contributed by atoms with Gasteiger partial charge in [0.2, 0.25) is 0 Å². The highest BCUT2D eigenvalue weighted by Crippen LogP contribution is 2.20. The Labute approximate surface area is 133 Å². The van der Waals surface area contributed by atoms with Crippen molar-refractivity contribution in [2.75, 3.05) is 13.7 Å². The molecule has 0 aliphatic carbocycles. The second-order valence-electron chi connectivity index (χ2n) is 5.21. The molecule has 0 saturated heterocycles. The molecule has 0 aliphatic rings. The van der Waals surface area contributed by atoms with Crippen molar-refractivity contribution in [1.29, 1.82) is 0 Å². The molecule has 0 radical (unpaired) electrons. The molecular formula is C18H17FN2O2. The lowest BCUT2D eigenvalue weighted by Crippen LogP contribution is -2.26. The van der Waals surface area contributed by atoms with Crippen LogP contribution in [-0.2, 0) is 6.42 Å². The third-order valence-corrected chi connectivity index (χ3v) is 3.76. The number of ether oxygens (including phenoxy) is 1. The lowest BCUT2D eigenvalue weighted by molar-refractivity contribution is 0.0951. The van der Waals surface area contributed by atoms with Crippen LogP contribution >= 0.6 is 0 Å². The Morgan fingerprint density at radius 2 is 2.09 bits per heavy atom. The largest absolute Gasteiger partial charge is 0.496 e. The van der Waals surface area contributed by atoms with Crippen molar-refractivity contribution in [3.63, 3.8) is 0 Å². The highest BCUT2D eigenvalue weighted by Gasteiger charge is 2.11. The third-order valence-electron chi connectivity index (χ3n) is 3.76. The molecule has 118 valence electrons. The van der Waals surface area contributed by atoms with Gasteiger partial charge in [-0.15, -0.1) is 0 Å². The van der Waals surface area contributed by atoms with Crippen molar-refractivity contribution in [3.8, 4) is 5.75 Å². The Balaban J connectivity index is 1.66. The van der Waals surface area contributed by atoms with E-state index in [-0.39, 0.29) is 11.7 Å². The molecule has 0 bridgehead atoms. The highest BCUT2D eigenvalue weighted by molar-refractivity contribution is 5.96. The number of aromatic amines is 1. The van der Waals surface area contributed by atoms with E-state index in [1.54, 1.807) is 24.3 Å². The van der Waals surface area contributed by atoms with Crippen LogP contribution in [0.1, 0.15) is 15.9 Å². The monoisotopic (exact) mass is 312 g/mol. The molecule has 23 heavy (non-hydrogen) atoms. The second kappa shape index (κ2) is 6.52. The van der Waals surface area contributed by atoms with Gasteiger partial charge in [-0.1, -0.05) is 12.1 Å². The molecule has 3 rings (SSSR count). The van der Waals surface area contributed by atoms with Crippen molar-refractivity contribution in [1.82, 2.24) is 10.3 Å². The van der Waals surface area contributed by atoms with E-state index in [2.05, 4.69) is 10.3 Å². The van der Waals surface area contributed by atoms with E-state index >= 15 is 0 Å². The molecule has 0 aliphatic heterocycles. The summed E-state index contributed by atoms with van der Waals surface area (Å²) in [6, 6.07) is 11.7. The van der Waals surface area contributed by atoms with E-state index in [0.717, 1.165) is 16.5 Å². The van der Waals surface area contributed by atoms with Gasteiger partial charge in [-0.2, -0.15) is 0 Å². The highest BCUT2D eigenvalue weighted by atomic mass is 19.1. The number of hydrogen-bond donors (Lipinski definition) is 2. The minimum atomic E-state index is -0.267. The van der Waals surface area contributed by atoms with Gasteiger partial charge in [0.05, 0.1) is 12.7 Å². The number of methoxy groups -OCH3 is 1. The van der Waals surface area contributed by atoms with Gasteiger partial charge in [0.1, 0.15) is 11.6 Å². The molecule has 3 aromatic rings. The van der Waals surface area contributed by atoms with E-state index in [9.17, 15) is 9.18 Å². The van der Waals surface area contributed by atoms with Gasteiger partial charge in [-0.25, -0.2) is 4.39 Å². The summed E-state index contributed by atoms with van der Waals surface area (Å²) in [7, 11) is 1.53. The van der Waals surface area contributed by atoms with Crippen LogP contribution in [0.4, 0.5) is 4.39 Å². The van der Waals surface area contributed by atoms with E-state index in [1.165, 1.54) is 19.2 Å². The van der Waals surface area contributed by atoms with Gasteiger partial charge in [-0.05, 0) is 42.3 Å². The van der Waals surface area contributed by atoms with E-state index in [4.69, 9.17) is 4.74 Å². The first-order valence-electron chi connectivity index (χ1n) is 7.36. The van der Waals surface area contributed by atoms with Crippen LogP contribution in [0.3, 0.4) is 0 Å². The lowest BCUT2D eigenvalue weighted by Gasteiger charge is -2.08. The van der Waals surface area contributed by atoms with Crippen molar-refractivity contribution in [3.05, 3.63) is 65.6 Å². The van der Waals surface area contributed by atoms with Crippen LogP contribution in [0, 0.1) is 5.82 Å². The fourth-order valence-electron chi connectivity index (χ4n) is 2.60. The SMILES string of the molecule is COc1ccccc1C(=O)NCCc1c[nH]c2ccc(F)cc12. The van der Waals surface area contributed by atoms with Crippen LogP contribution in [0.25, 0.3) is 10.9 Å². The van der Waals surface area contributed by atoms with Gasteiger partial charge in [0.25, 0.3) is 5.91 Å². The number of halogens is 1.